The molecule has 0 spiro atoms. The van der Waals surface area contributed by atoms with Crippen LogP contribution in [0.4, 0.5) is 5.69 Å². The zero-order valence-corrected chi connectivity index (χ0v) is 17.0. The highest BCUT2D eigenvalue weighted by Crippen LogP contribution is 2.36. The van der Waals surface area contributed by atoms with Gasteiger partial charge in [-0.3, -0.25) is 9.79 Å². The molecule has 1 N–H and O–H groups in total. The van der Waals surface area contributed by atoms with E-state index < -0.39 is 0 Å². The van der Waals surface area contributed by atoms with Crippen LogP contribution in [-0.2, 0) is 4.79 Å². The van der Waals surface area contributed by atoms with Crippen LogP contribution >= 0.6 is 0 Å². The number of aryl methyl sites for hydroxylation is 1. The molecule has 1 atom stereocenters. The minimum atomic E-state index is -0.0670. The fraction of sp³-hybridized carbons (Fsp3) is 0.333. The number of hydrogen-bond acceptors (Lipinski definition) is 2. The number of hydrogen-bond donors (Lipinski definition) is 1. The zero-order valence-electron chi connectivity index (χ0n) is 17.0. The van der Waals surface area contributed by atoms with Crippen molar-refractivity contribution in [2.45, 2.75) is 53.4 Å². The molecule has 1 amide bonds. The average molecular weight is 363 g/mol. The van der Waals surface area contributed by atoms with Crippen LogP contribution in [0.2, 0.25) is 0 Å². The predicted octanol–water partition coefficient (Wildman–Crippen LogP) is 6.17. The van der Waals surface area contributed by atoms with Crippen LogP contribution in [0.25, 0.3) is 0 Å². The normalized spacial score (nSPS) is 13.0. The molecule has 3 heteroatoms. The highest BCUT2D eigenvalue weighted by Gasteiger charge is 2.21. The first kappa shape index (κ1) is 20.6. The molecule has 2 aromatic rings. The largest absolute Gasteiger partial charge is 0.326 e. The van der Waals surface area contributed by atoms with Crippen LogP contribution in [0.3, 0.4) is 0 Å². The number of carbonyl (C=O) groups is 1. The Morgan fingerprint density at radius 3 is 2.59 bits per heavy atom. The lowest BCUT2D eigenvalue weighted by atomic mass is 9.84. The molecule has 0 saturated carbocycles. The van der Waals surface area contributed by atoms with Crippen LogP contribution in [0.1, 0.15) is 61.8 Å². The third-order valence-electron chi connectivity index (χ3n) is 4.75. The molecule has 0 saturated heterocycles. The summed E-state index contributed by atoms with van der Waals surface area (Å²) in [6.07, 6.45) is 6.13. The van der Waals surface area contributed by atoms with Gasteiger partial charge in [0.1, 0.15) is 0 Å². The Kier molecular flexibility index (Phi) is 7.54. The van der Waals surface area contributed by atoms with E-state index in [0.29, 0.717) is 0 Å². The standard InChI is InChI=1S/C24H30N2O/c1-6-8-15-25-23(7-2)24(22-14-9-11-17(3)18(22)4)20-12-10-13-21(16-20)26-19(5)27/h7,9-16,24H,6,8H2,1-5H3,(H,26,27)/b23-7-,25-15?. The van der Waals surface area contributed by atoms with Gasteiger partial charge in [-0.05, 0) is 61.6 Å². The molecule has 2 rings (SSSR count). The van der Waals surface area contributed by atoms with E-state index in [1.807, 2.05) is 31.3 Å². The highest BCUT2D eigenvalue weighted by atomic mass is 16.1. The van der Waals surface area contributed by atoms with E-state index in [1.54, 1.807) is 0 Å². The monoisotopic (exact) mass is 362 g/mol. The van der Waals surface area contributed by atoms with Gasteiger partial charge in [-0.2, -0.15) is 0 Å². The van der Waals surface area contributed by atoms with Gasteiger partial charge in [0.25, 0.3) is 0 Å². The second-order valence-electron chi connectivity index (χ2n) is 6.84. The highest BCUT2D eigenvalue weighted by molar-refractivity contribution is 5.88. The molecule has 0 fully saturated rings. The summed E-state index contributed by atoms with van der Waals surface area (Å²) in [4.78, 5) is 16.3. The molecule has 0 aliphatic carbocycles. The second-order valence-corrected chi connectivity index (χ2v) is 6.84. The quantitative estimate of drug-likeness (QED) is 0.588. The van der Waals surface area contributed by atoms with Gasteiger partial charge in [-0.25, -0.2) is 0 Å². The molecular formula is C24H30N2O. The maximum Gasteiger partial charge on any atom is 0.221 e. The number of aliphatic imine (C=N–C) groups is 1. The van der Waals surface area contributed by atoms with Crippen molar-refractivity contribution >= 4 is 17.8 Å². The third kappa shape index (κ3) is 5.40. The van der Waals surface area contributed by atoms with Crippen molar-refractivity contribution in [1.82, 2.24) is 0 Å². The summed E-state index contributed by atoms with van der Waals surface area (Å²) in [5, 5.41) is 2.89. The van der Waals surface area contributed by atoms with Crippen LogP contribution in [0.5, 0.6) is 0 Å². The van der Waals surface area contributed by atoms with E-state index in [4.69, 9.17) is 4.99 Å². The summed E-state index contributed by atoms with van der Waals surface area (Å²) in [7, 11) is 0. The molecule has 0 bridgehead atoms. The number of benzene rings is 2. The average Bonchev–Trinajstić information content (AvgIpc) is 2.64. The SMILES string of the molecule is C/C=C(\N=CCCC)C(c1cccc(NC(C)=O)c1)c1cccc(C)c1C. The van der Waals surface area contributed by atoms with Crippen molar-refractivity contribution in [1.29, 1.82) is 0 Å². The van der Waals surface area contributed by atoms with Crippen molar-refractivity contribution in [2.75, 3.05) is 5.32 Å². The summed E-state index contributed by atoms with van der Waals surface area (Å²) in [6.45, 7) is 10.0. The summed E-state index contributed by atoms with van der Waals surface area (Å²) >= 11 is 0. The molecule has 2 aromatic carbocycles. The lowest BCUT2D eigenvalue weighted by Gasteiger charge is -2.22. The van der Waals surface area contributed by atoms with Crippen molar-refractivity contribution in [2.24, 2.45) is 4.99 Å². The molecule has 1 unspecified atom stereocenters. The summed E-state index contributed by atoms with van der Waals surface area (Å²) in [5.74, 6) is -0.0422. The summed E-state index contributed by atoms with van der Waals surface area (Å²) in [5.41, 5.74) is 6.75. The maximum absolute atomic E-state index is 11.5. The maximum atomic E-state index is 11.5. The molecule has 0 aliphatic rings. The van der Waals surface area contributed by atoms with Gasteiger partial charge in [0.2, 0.25) is 5.91 Å². The number of rotatable bonds is 7. The minimum absolute atomic E-state index is 0.0247. The fourth-order valence-electron chi connectivity index (χ4n) is 3.21. The van der Waals surface area contributed by atoms with E-state index in [0.717, 1.165) is 29.8 Å². The Bertz CT molecular complexity index is 849. The van der Waals surface area contributed by atoms with Gasteiger partial charge in [0.05, 0.1) is 5.92 Å². The van der Waals surface area contributed by atoms with Gasteiger partial charge in [0, 0.05) is 24.5 Å². The van der Waals surface area contributed by atoms with Gasteiger partial charge in [0.15, 0.2) is 0 Å². The zero-order chi connectivity index (χ0) is 19.8. The number of amides is 1. The number of nitrogens with zero attached hydrogens (tertiary/aromatic N) is 1. The number of carbonyl (C=O) groups excluding carboxylic acids is 1. The molecule has 27 heavy (non-hydrogen) atoms. The van der Waals surface area contributed by atoms with Crippen LogP contribution in [-0.4, -0.2) is 12.1 Å². The van der Waals surface area contributed by atoms with E-state index in [-0.39, 0.29) is 11.8 Å². The van der Waals surface area contributed by atoms with Gasteiger partial charge >= 0.3 is 0 Å². The molecule has 0 radical (unpaired) electrons. The number of allylic oxidation sites excluding steroid dienone is 2. The first-order valence-corrected chi connectivity index (χ1v) is 9.60. The van der Waals surface area contributed by atoms with Crippen LogP contribution in [0, 0.1) is 13.8 Å². The molecule has 0 heterocycles. The summed E-state index contributed by atoms with van der Waals surface area (Å²) < 4.78 is 0. The van der Waals surface area contributed by atoms with Gasteiger partial charge < -0.3 is 5.32 Å². The molecule has 0 aromatic heterocycles. The Morgan fingerprint density at radius 2 is 1.93 bits per heavy atom. The Labute approximate surface area is 163 Å². The van der Waals surface area contributed by atoms with Crippen LogP contribution < -0.4 is 5.32 Å². The summed E-state index contributed by atoms with van der Waals surface area (Å²) in [6, 6.07) is 14.5. The topological polar surface area (TPSA) is 41.5 Å². The second kappa shape index (κ2) is 9.86. The van der Waals surface area contributed by atoms with E-state index in [2.05, 4.69) is 56.4 Å². The third-order valence-corrected chi connectivity index (χ3v) is 4.75. The fourth-order valence-corrected chi connectivity index (χ4v) is 3.21. The van der Waals surface area contributed by atoms with Crippen LogP contribution in [0.15, 0.2) is 59.2 Å². The van der Waals surface area contributed by atoms with Crippen molar-refractivity contribution < 1.29 is 4.79 Å². The number of anilines is 1. The van der Waals surface area contributed by atoms with E-state index >= 15 is 0 Å². The number of nitrogens with one attached hydrogen (secondary N) is 1. The number of unbranched alkanes of at least 4 members (excludes halogenated alkanes) is 1. The first-order valence-electron chi connectivity index (χ1n) is 9.60. The van der Waals surface area contributed by atoms with Crippen molar-refractivity contribution in [3.05, 3.63) is 76.5 Å². The first-order chi connectivity index (χ1) is 13.0. The predicted molar refractivity (Wildman–Crippen MR) is 116 cm³/mol. The van der Waals surface area contributed by atoms with Gasteiger partial charge in [-0.1, -0.05) is 49.8 Å². The van der Waals surface area contributed by atoms with Crippen molar-refractivity contribution in [3.63, 3.8) is 0 Å². The molecule has 0 aliphatic heterocycles. The van der Waals surface area contributed by atoms with Gasteiger partial charge in [-0.15, -0.1) is 0 Å². The Hall–Kier alpha value is -2.68. The minimum Gasteiger partial charge on any atom is -0.326 e. The Balaban J connectivity index is 2.59. The van der Waals surface area contributed by atoms with E-state index in [9.17, 15) is 4.79 Å². The Morgan fingerprint density at radius 1 is 1.19 bits per heavy atom. The lowest BCUT2D eigenvalue weighted by Crippen LogP contribution is -2.09. The smallest absolute Gasteiger partial charge is 0.221 e. The lowest BCUT2D eigenvalue weighted by molar-refractivity contribution is -0.114. The molecular weight excluding hydrogens is 332 g/mol. The van der Waals surface area contributed by atoms with E-state index in [1.165, 1.54) is 23.6 Å². The molecule has 3 nitrogen and oxygen atoms in total. The van der Waals surface area contributed by atoms with Crippen molar-refractivity contribution in [3.8, 4) is 0 Å². The molecule has 142 valence electrons.